The van der Waals surface area contributed by atoms with Gasteiger partial charge in [0.1, 0.15) is 23.7 Å². The molecular weight excluding hydrogens is 533 g/mol. The van der Waals surface area contributed by atoms with Crippen LogP contribution in [0.5, 0.6) is 5.75 Å². The molecule has 0 spiro atoms. The molecule has 40 heavy (non-hydrogen) atoms. The fraction of sp³-hybridized carbons (Fsp3) is 0.393. The van der Waals surface area contributed by atoms with E-state index in [-0.39, 0.29) is 47.7 Å². The third kappa shape index (κ3) is 5.85. The highest BCUT2D eigenvalue weighted by Gasteiger charge is 2.44. The largest absolute Gasteiger partial charge is 0.487 e. The number of esters is 2. The van der Waals surface area contributed by atoms with E-state index in [1.165, 1.54) is 17.9 Å². The Kier molecular flexibility index (Phi) is 7.73. The summed E-state index contributed by atoms with van der Waals surface area (Å²) < 4.78 is 64.2. The number of amides is 1. The van der Waals surface area contributed by atoms with Gasteiger partial charge in [-0.3, -0.25) is 9.69 Å². The predicted molar refractivity (Wildman–Crippen MR) is 138 cm³/mol. The summed E-state index contributed by atoms with van der Waals surface area (Å²) in [6.45, 7) is 5.87. The number of aromatic amines is 1. The lowest BCUT2D eigenvalue weighted by Gasteiger charge is -2.25. The van der Waals surface area contributed by atoms with E-state index >= 15 is 0 Å². The molecule has 0 radical (unpaired) electrons. The molecule has 1 amide bonds. The van der Waals surface area contributed by atoms with Crippen molar-refractivity contribution in [3.05, 3.63) is 58.8 Å². The van der Waals surface area contributed by atoms with Crippen molar-refractivity contribution >= 4 is 34.6 Å². The zero-order valence-corrected chi connectivity index (χ0v) is 22.6. The first-order valence-electron chi connectivity index (χ1n) is 12.4. The third-order valence-electron chi connectivity index (χ3n) is 6.17. The molecule has 0 aliphatic carbocycles. The molecule has 1 aliphatic heterocycles. The Balaban J connectivity index is 2.00. The molecule has 214 valence electrons. The second kappa shape index (κ2) is 10.7. The van der Waals surface area contributed by atoms with Gasteiger partial charge >= 0.3 is 24.2 Å². The number of alkyl halides is 3. The van der Waals surface area contributed by atoms with Crippen molar-refractivity contribution < 1.29 is 46.5 Å². The van der Waals surface area contributed by atoms with Crippen LogP contribution in [0.4, 0.5) is 23.7 Å². The number of hydrogen-bond donors (Lipinski definition) is 1. The molecule has 1 aromatic heterocycles. The van der Waals surface area contributed by atoms with Gasteiger partial charge in [0.25, 0.3) is 0 Å². The summed E-state index contributed by atoms with van der Waals surface area (Å²) in [4.78, 5) is 41.3. The smallest absolute Gasteiger partial charge is 0.432 e. The van der Waals surface area contributed by atoms with E-state index in [0.717, 1.165) is 12.7 Å². The van der Waals surface area contributed by atoms with Crippen LogP contribution in [0, 0.1) is 0 Å². The van der Waals surface area contributed by atoms with Crippen LogP contribution in [0.3, 0.4) is 0 Å². The van der Waals surface area contributed by atoms with Crippen LogP contribution in [0.2, 0.25) is 0 Å². The first-order valence-corrected chi connectivity index (χ1v) is 12.4. The number of hydrogen-bond acceptors (Lipinski definition) is 7. The average Bonchev–Trinajstić information content (AvgIpc) is 3.44. The van der Waals surface area contributed by atoms with E-state index in [4.69, 9.17) is 18.9 Å². The number of halogens is 3. The fourth-order valence-corrected chi connectivity index (χ4v) is 4.61. The van der Waals surface area contributed by atoms with E-state index in [2.05, 4.69) is 4.98 Å². The highest BCUT2D eigenvalue weighted by molar-refractivity contribution is 6.12. The number of methoxy groups -OCH3 is 1. The highest BCUT2D eigenvalue weighted by Crippen LogP contribution is 2.49. The van der Waals surface area contributed by atoms with Crippen molar-refractivity contribution in [2.75, 3.05) is 25.2 Å². The van der Waals surface area contributed by atoms with Crippen LogP contribution < -0.4 is 9.64 Å². The lowest BCUT2D eigenvalue weighted by Crippen LogP contribution is -2.36. The number of carbonyl (C=O) groups excluding carboxylic acids is 3. The SMILES string of the molecule is COC(=O)c1c(C(F)(F)F)[nH]c2c(OCc3ccccc3)cc3c(c12)C(COC(C)=O)CN3C(=O)OC(C)(C)C. The van der Waals surface area contributed by atoms with E-state index in [0.29, 0.717) is 0 Å². The summed E-state index contributed by atoms with van der Waals surface area (Å²) in [6, 6.07) is 10.4. The van der Waals surface area contributed by atoms with Crippen molar-refractivity contribution in [2.45, 2.75) is 52.0 Å². The number of rotatable bonds is 6. The minimum Gasteiger partial charge on any atom is -0.487 e. The second-order valence-electron chi connectivity index (χ2n) is 10.3. The van der Waals surface area contributed by atoms with E-state index in [9.17, 15) is 27.6 Å². The molecule has 1 N–H and O–H groups in total. The van der Waals surface area contributed by atoms with Gasteiger partial charge in [-0.15, -0.1) is 0 Å². The second-order valence-corrected chi connectivity index (χ2v) is 10.3. The van der Waals surface area contributed by atoms with Crippen LogP contribution in [0.15, 0.2) is 36.4 Å². The monoisotopic (exact) mass is 562 g/mol. The molecule has 0 fully saturated rings. The number of fused-ring (bicyclic) bond motifs is 3. The maximum Gasteiger partial charge on any atom is 0.432 e. The van der Waals surface area contributed by atoms with Crippen LogP contribution in [-0.4, -0.2) is 48.9 Å². The van der Waals surface area contributed by atoms with E-state index in [1.54, 1.807) is 45.0 Å². The lowest BCUT2D eigenvalue weighted by atomic mass is 9.94. The van der Waals surface area contributed by atoms with Gasteiger partial charge in [0.05, 0.1) is 30.5 Å². The molecule has 0 saturated heterocycles. The Bertz CT molecular complexity index is 1440. The van der Waals surface area contributed by atoms with Gasteiger partial charge in [-0.05, 0) is 31.9 Å². The Hall–Kier alpha value is -4.22. The van der Waals surface area contributed by atoms with E-state index in [1.807, 2.05) is 6.07 Å². The third-order valence-corrected chi connectivity index (χ3v) is 6.17. The summed E-state index contributed by atoms with van der Waals surface area (Å²) in [6.07, 6.45) is -5.72. The van der Waals surface area contributed by atoms with Gasteiger partial charge in [0.2, 0.25) is 0 Å². The van der Waals surface area contributed by atoms with Gasteiger partial charge in [-0.2, -0.15) is 13.2 Å². The standard InChI is InChI=1S/C28H29F3N2O7/c1-15(34)38-14-17-12-33(26(36)40-27(2,3)4)18-11-19(39-13-16-9-7-6-8-10-16)23-21(20(17)18)22(25(35)37-5)24(32-23)28(29,30)31/h6-11,17,32H,12-14H2,1-5H3. The van der Waals surface area contributed by atoms with Gasteiger partial charge in [-0.25, -0.2) is 9.59 Å². The number of aromatic nitrogens is 1. The van der Waals surface area contributed by atoms with Crippen molar-refractivity contribution in [2.24, 2.45) is 0 Å². The molecule has 3 aromatic rings. The predicted octanol–water partition coefficient (Wildman–Crippen LogP) is 5.95. The molecule has 2 heterocycles. The molecule has 1 aliphatic rings. The summed E-state index contributed by atoms with van der Waals surface area (Å²) >= 11 is 0. The minimum absolute atomic E-state index is 0.00797. The first kappa shape index (κ1) is 28.8. The molecule has 0 bridgehead atoms. The number of benzene rings is 2. The zero-order valence-electron chi connectivity index (χ0n) is 22.6. The molecule has 1 atom stereocenters. The topological polar surface area (TPSA) is 107 Å². The van der Waals surface area contributed by atoms with Crippen molar-refractivity contribution in [1.82, 2.24) is 4.98 Å². The normalized spacial score (nSPS) is 15.1. The lowest BCUT2D eigenvalue weighted by molar-refractivity contribution is -0.142. The maximum absolute atomic E-state index is 14.2. The Morgan fingerprint density at radius 3 is 2.35 bits per heavy atom. The Morgan fingerprint density at radius 1 is 1.10 bits per heavy atom. The van der Waals surface area contributed by atoms with Crippen molar-refractivity contribution in [3.8, 4) is 5.75 Å². The summed E-state index contributed by atoms with van der Waals surface area (Å²) in [5, 5.41) is -0.136. The molecule has 9 nitrogen and oxygen atoms in total. The number of nitrogens with zero attached hydrogens (tertiary/aromatic N) is 1. The van der Waals surface area contributed by atoms with Crippen molar-refractivity contribution in [1.29, 1.82) is 0 Å². The summed E-state index contributed by atoms with van der Waals surface area (Å²) in [5.74, 6) is -2.66. The number of anilines is 1. The Labute approximate surface area is 228 Å². The van der Waals surface area contributed by atoms with E-state index < -0.39 is 47.0 Å². The van der Waals surface area contributed by atoms with Crippen LogP contribution in [0.25, 0.3) is 10.9 Å². The van der Waals surface area contributed by atoms with Crippen LogP contribution in [0.1, 0.15) is 60.8 Å². The number of ether oxygens (including phenoxy) is 4. The van der Waals surface area contributed by atoms with Crippen molar-refractivity contribution in [3.63, 3.8) is 0 Å². The Morgan fingerprint density at radius 2 is 1.77 bits per heavy atom. The number of H-pyrrole nitrogens is 1. The average molecular weight is 563 g/mol. The highest BCUT2D eigenvalue weighted by atomic mass is 19.4. The van der Waals surface area contributed by atoms with Crippen LogP contribution >= 0.6 is 0 Å². The van der Waals surface area contributed by atoms with Crippen LogP contribution in [-0.2, 0) is 31.8 Å². The van der Waals surface area contributed by atoms with Gasteiger partial charge < -0.3 is 23.9 Å². The minimum atomic E-state index is -4.96. The first-order chi connectivity index (χ1) is 18.7. The number of carbonyl (C=O) groups is 3. The van der Waals surface area contributed by atoms with Gasteiger partial charge in [0.15, 0.2) is 0 Å². The zero-order chi connectivity index (χ0) is 29.4. The molecule has 1 unspecified atom stereocenters. The quantitative estimate of drug-likeness (QED) is 0.292. The summed E-state index contributed by atoms with van der Waals surface area (Å²) in [5.41, 5.74) is -1.97. The fourth-order valence-electron chi connectivity index (χ4n) is 4.61. The number of nitrogens with one attached hydrogen (secondary N) is 1. The molecule has 4 rings (SSSR count). The molecule has 0 saturated carbocycles. The van der Waals surface area contributed by atoms with Gasteiger partial charge in [0, 0.05) is 30.8 Å². The summed E-state index contributed by atoms with van der Waals surface area (Å²) in [7, 11) is 0.973. The molecule has 2 aromatic carbocycles. The maximum atomic E-state index is 14.2. The van der Waals surface area contributed by atoms with Gasteiger partial charge in [-0.1, -0.05) is 30.3 Å². The molecular formula is C28H29F3N2O7. The molecule has 12 heteroatoms.